The maximum Gasteiger partial charge on any atom is 0.338 e. The summed E-state index contributed by atoms with van der Waals surface area (Å²) in [6, 6.07) is 9.38. The Labute approximate surface area is 175 Å². The first-order valence-electron chi connectivity index (χ1n) is 11.6. The van der Waals surface area contributed by atoms with Gasteiger partial charge in [0.1, 0.15) is 6.10 Å². The summed E-state index contributed by atoms with van der Waals surface area (Å²) in [5, 5.41) is 0. The molecule has 2 heteroatoms. The van der Waals surface area contributed by atoms with E-state index in [-0.39, 0.29) is 12.1 Å². The molecular formula is C27H34O2. The number of fused-ring (bicyclic) bond motifs is 5. The Bertz CT molecular complexity index is 853. The lowest BCUT2D eigenvalue weighted by atomic mass is 9.47. The second-order valence-electron chi connectivity index (χ2n) is 10.5. The van der Waals surface area contributed by atoms with Crippen LogP contribution in [-0.4, -0.2) is 12.1 Å². The fourth-order valence-electron chi connectivity index (χ4n) is 7.48. The van der Waals surface area contributed by atoms with Gasteiger partial charge < -0.3 is 4.74 Å². The van der Waals surface area contributed by atoms with Gasteiger partial charge in [-0.25, -0.2) is 4.79 Å². The molecule has 29 heavy (non-hydrogen) atoms. The molecule has 0 spiro atoms. The third-order valence-electron chi connectivity index (χ3n) is 9.29. The highest BCUT2D eigenvalue weighted by atomic mass is 16.5. The van der Waals surface area contributed by atoms with E-state index in [0.29, 0.717) is 16.4 Å². The Hall–Kier alpha value is -1.83. The monoisotopic (exact) mass is 390 g/mol. The Morgan fingerprint density at radius 2 is 1.69 bits per heavy atom. The van der Waals surface area contributed by atoms with E-state index in [1.165, 1.54) is 44.1 Å². The molecule has 0 radical (unpaired) electrons. The maximum atomic E-state index is 12.5. The minimum atomic E-state index is -0.192. The zero-order valence-electron chi connectivity index (χ0n) is 18.0. The van der Waals surface area contributed by atoms with E-state index < -0.39 is 0 Å². The molecule has 4 aliphatic rings. The van der Waals surface area contributed by atoms with E-state index in [0.717, 1.165) is 30.6 Å². The highest BCUT2D eigenvalue weighted by molar-refractivity contribution is 5.89. The van der Waals surface area contributed by atoms with Crippen LogP contribution in [0.2, 0.25) is 0 Å². The summed E-state index contributed by atoms with van der Waals surface area (Å²) in [7, 11) is 0. The van der Waals surface area contributed by atoms with E-state index in [1.807, 2.05) is 30.3 Å². The summed E-state index contributed by atoms with van der Waals surface area (Å²) >= 11 is 0. The largest absolute Gasteiger partial charge is 0.455 e. The molecule has 2 nitrogen and oxygen atoms in total. The highest BCUT2D eigenvalue weighted by Gasteiger charge is 2.57. The van der Waals surface area contributed by atoms with Crippen LogP contribution in [0, 0.1) is 28.6 Å². The van der Waals surface area contributed by atoms with Crippen LogP contribution in [0.1, 0.15) is 75.6 Å². The van der Waals surface area contributed by atoms with Crippen molar-refractivity contribution >= 4 is 5.97 Å². The lowest BCUT2D eigenvalue weighted by Gasteiger charge is -2.58. The standard InChI is InChI=1S/C27H34O2/c1-18-9-12-23-22-11-10-20-17-21(29-25(28)19-7-5-4-6-8-19)13-15-27(20,3)24(22)14-16-26(18,23)2/h4-8,17,21-24H,1,9-16H2,2-3H3/t21-,22?,23?,24?,26-,27+/m1/s1. The number of rotatable bonds is 2. The zero-order chi connectivity index (χ0) is 20.2. The van der Waals surface area contributed by atoms with E-state index in [4.69, 9.17) is 4.74 Å². The van der Waals surface area contributed by atoms with Crippen LogP contribution in [0.15, 0.2) is 54.1 Å². The van der Waals surface area contributed by atoms with Gasteiger partial charge in [0.15, 0.2) is 0 Å². The lowest BCUT2D eigenvalue weighted by Crippen LogP contribution is -2.50. The normalized spacial score (nSPS) is 41.0. The molecule has 0 amide bonds. The summed E-state index contributed by atoms with van der Waals surface area (Å²) in [4.78, 5) is 12.5. The van der Waals surface area contributed by atoms with Crippen LogP contribution in [0.3, 0.4) is 0 Å². The minimum absolute atomic E-state index is 0.0672. The molecule has 0 heterocycles. The number of esters is 1. The molecule has 0 N–H and O–H groups in total. The van der Waals surface area contributed by atoms with Crippen LogP contribution in [0.5, 0.6) is 0 Å². The van der Waals surface area contributed by atoms with Crippen LogP contribution in [0.25, 0.3) is 0 Å². The molecule has 6 atom stereocenters. The van der Waals surface area contributed by atoms with Gasteiger partial charge in [0.25, 0.3) is 0 Å². The third kappa shape index (κ3) is 2.94. The summed E-state index contributed by atoms with van der Waals surface area (Å²) in [5.74, 6) is 2.28. The maximum absolute atomic E-state index is 12.5. The smallest absolute Gasteiger partial charge is 0.338 e. The molecule has 154 valence electrons. The van der Waals surface area contributed by atoms with Gasteiger partial charge in [-0.1, -0.05) is 49.8 Å². The van der Waals surface area contributed by atoms with Crippen LogP contribution in [-0.2, 0) is 4.74 Å². The number of hydrogen-bond donors (Lipinski definition) is 0. The van der Waals surface area contributed by atoms with E-state index in [1.54, 1.807) is 5.57 Å². The summed E-state index contributed by atoms with van der Waals surface area (Å²) < 4.78 is 5.88. The summed E-state index contributed by atoms with van der Waals surface area (Å²) in [6.45, 7) is 9.46. The zero-order valence-corrected chi connectivity index (χ0v) is 18.0. The average molecular weight is 391 g/mol. The van der Waals surface area contributed by atoms with Crippen molar-refractivity contribution in [3.05, 3.63) is 59.7 Å². The highest BCUT2D eigenvalue weighted by Crippen LogP contribution is 2.66. The van der Waals surface area contributed by atoms with Crippen LogP contribution >= 0.6 is 0 Å². The number of carbonyl (C=O) groups excluding carboxylic acids is 1. The molecule has 5 rings (SSSR count). The quantitative estimate of drug-likeness (QED) is 0.413. The Morgan fingerprint density at radius 3 is 2.48 bits per heavy atom. The first kappa shape index (κ1) is 19.2. The lowest BCUT2D eigenvalue weighted by molar-refractivity contribution is -0.0337. The fraction of sp³-hybridized carbons (Fsp3) is 0.593. The number of ether oxygens (including phenoxy) is 1. The molecule has 0 bridgehead atoms. The Morgan fingerprint density at radius 1 is 0.966 bits per heavy atom. The molecule has 3 saturated carbocycles. The van der Waals surface area contributed by atoms with Crippen molar-refractivity contribution in [2.24, 2.45) is 28.6 Å². The molecule has 1 aromatic carbocycles. The first-order chi connectivity index (χ1) is 13.9. The number of carbonyl (C=O) groups is 1. The predicted molar refractivity (Wildman–Crippen MR) is 116 cm³/mol. The van der Waals surface area contributed by atoms with Gasteiger partial charge in [0.05, 0.1) is 5.56 Å². The van der Waals surface area contributed by atoms with Crippen molar-refractivity contribution < 1.29 is 9.53 Å². The molecule has 3 unspecified atom stereocenters. The SMILES string of the molecule is C=C1CCC2C3CCC4=C[C@H](OC(=O)c5ccccc5)CC[C@]4(C)C3CC[C@]12C. The number of hydrogen-bond acceptors (Lipinski definition) is 2. The van der Waals surface area contributed by atoms with Crippen molar-refractivity contribution in [1.82, 2.24) is 0 Å². The van der Waals surface area contributed by atoms with Gasteiger partial charge in [-0.05, 0) is 98.2 Å². The van der Waals surface area contributed by atoms with Crippen LogP contribution < -0.4 is 0 Å². The fourth-order valence-corrected chi connectivity index (χ4v) is 7.48. The molecular weight excluding hydrogens is 356 g/mol. The van der Waals surface area contributed by atoms with Gasteiger partial charge in [0, 0.05) is 0 Å². The second kappa shape index (κ2) is 6.86. The molecule has 4 aliphatic carbocycles. The van der Waals surface area contributed by atoms with E-state index in [2.05, 4.69) is 26.5 Å². The number of benzene rings is 1. The Kier molecular flexibility index (Phi) is 4.53. The van der Waals surface area contributed by atoms with E-state index >= 15 is 0 Å². The number of allylic oxidation sites excluding steroid dienone is 2. The van der Waals surface area contributed by atoms with Crippen LogP contribution in [0.4, 0.5) is 0 Å². The van der Waals surface area contributed by atoms with Crippen molar-refractivity contribution in [3.8, 4) is 0 Å². The third-order valence-corrected chi connectivity index (χ3v) is 9.29. The first-order valence-corrected chi connectivity index (χ1v) is 11.6. The van der Waals surface area contributed by atoms with Crippen molar-refractivity contribution in [3.63, 3.8) is 0 Å². The molecule has 0 saturated heterocycles. The van der Waals surface area contributed by atoms with Crippen molar-refractivity contribution in [2.75, 3.05) is 0 Å². The van der Waals surface area contributed by atoms with Gasteiger partial charge in [-0.15, -0.1) is 0 Å². The van der Waals surface area contributed by atoms with Gasteiger partial charge >= 0.3 is 5.97 Å². The van der Waals surface area contributed by atoms with Crippen molar-refractivity contribution in [1.29, 1.82) is 0 Å². The van der Waals surface area contributed by atoms with E-state index in [9.17, 15) is 4.79 Å². The topological polar surface area (TPSA) is 26.3 Å². The summed E-state index contributed by atoms with van der Waals surface area (Å²) in [6.07, 6.45) is 12.1. The molecule has 0 aromatic heterocycles. The van der Waals surface area contributed by atoms with Gasteiger partial charge in [-0.3, -0.25) is 0 Å². The molecule has 1 aromatic rings. The second-order valence-corrected chi connectivity index (χ2v) is 10.5. The molecule has 3 fully saturated rings. The Balaban J connectivity index is 1.35. The van der Waals surface area contributed by atoms with Gasteiger partial charge in [0.2, 0.25) is 0 Å². The average Bonchev–Trinajstić information content (AvgIpc) is 3.03. The van der Waals surface area contributed by atoms with Crippen molar-refractivity contribution in [2.45, 2.75) is 71.3 Å². The minimum Gasteiger partial charge on any atom is -0.455 e. The van der Waals surface area contributed by atoms with Gasteiger partial charge in [-0.2, -0.15) is 0 Å². The predicted octanol–water partition coefficient (Wildman–Crippen LogP) is 6.73. The molecule has 0 aliphatic heterocycles. The summed E-state index contributed by atoms with van der Waals surface area (Å²) in [5.41, 5.74) is 4.42.